The van der Waals surface area contributed by atoms with Crippen molar-refractivity contribution in [2.24, 2.45) is 0 Å². The molecule has 4 rings (SSSR count). The van der Waals surface area contributed by atoms with E-state index in [0.717, 1.165) is 38.9 Å². The molecule has 1 aromatic heterocycles. The van der Waals surface area contributed by atoms with E-state index < -0.39 is 11.4 Å². The molecule has 0 amide bonds. The summed E-state index contributed by atoms with van der Waals surface area (Å²) in [6, 6.07) is 3.60. The molecule has 0 spiro atoms. The molecule has 0 radical (unpaired) electrons. The van der Waals surface area contributed by atoms with Gasteiger partial charge in [0.15, 0.2) is 0 Å². The van der Waals surface area contributed by atoms with Gasteiger partial charge in [-0.25, -0.2) is 9.37 Å². The van der Waals surface area contributed by atoms with E-state index in [9.17, 15) is 9.18 Å². The molecule has 148 valence electrons. The van der Waals surface area contributed by atoms with Crippen molar-refractivity contribution in [3.8, 4) is 0 Å². The van der Waals surface area contributed by atoms with Gasteiger partial charge in [0.1, 0.15) is 17.0 Å². The van der Waals surface area contributed by atoms with E-state index >= 15 is 0 Å². The first-order chi connectivity index (χ1) is 12.7. The molecule has 0 unspecified atom stereocenters. The van der Waals surface area contributed by atoms with Crippen LogP contribution >= 0.6 is 11.8 Å². The third-order valence-electron chi connectivity index (χ3n) is 5.16. The molecule has 2 N–H and O–H groups in total. The van der Waals surface area contributed by atoms with Crippen LogP contribution in [0.1, 0.15) is 51.8 Å². The topological polar surface area (TPSA) is 67.0 Å². The van der Waals surface area contributed by atoms with Gasteiger partial charge >= 0.3 is 0 Å². The number of nitrogens with zero attached hydrogens (tertiary/aromatic N) is 1. The minimum Gasteiger partial charge on any atom is -0.382 e. The first-order valence-corrected chi connectivity index (χ1v) is 10.4. The van der Waals surface area contributed by atoms with Crippen LogP contribution in [0, 0.1) is 5.82 Å². The normalized spacial score (nSPS) is 18.6. The summed E-state index contributed by atoms with van der Waals surface area (Å²) in [5.74, 6) is 0.717. The van der Waals surface area contributed by atoms with Crippen molar-refractivity contribution in [3.63, 3.8) is 0 Å². The van der Waals surface area contributed by atoms with Gasteiger partial charge in [-0.05, 0) is 37.8 Å². The van der Waals surface area contributed by atoms with Crippen LogP contribution in [-0.4, -0.2) is 34.5 Å². The van der Waals surface area contributed by atoms with Gasteiger partial charge in [-0.3, -0.25) is 4.79 Å². The lowest BCUT2D eigenvalue weighted by molar-refractivity contribution is 0.1000. The molecule has 1 saturated carbocycles. The predicted octanol–water partition coefficient (Wildman–Crippen LogP) is 4.47. The average Bonchev–Trinajstić information content (AvgIpc) is 3.13. The number of hydrogen-bond donors (Lipinski definition) is 2. The molecule has 27 heavy (non-hydrogen) atoms. The number of fused-ring (bicyclic) bond motifs is 1. The molecule has 0 atom stereocenters. The SMILES string of the molecule is C.O=c1[nH]c(CSC2CCOCC2)nc2cc(NC3CCCC3)cc(F)c12. The molecule has 7 heteroatoms. The fraction of sp³-hybridized carbons (Fsp3) is 0.600. The van der Waals surface area contributed by atoms with Crippen LogP contribution in [0.3, 0.4) is 0 Å². The van der Waals surface area contributed by atoms with Crippen molar-refractivity contribution in [2.45, 2.75) is 63.0 Å². The number of halogens is 1. The predicted molar refractivity (Wildman–Crippen MR) is 110 cm³/mol. The monoisotopic (exact) mass is 393 g/mol. The molecule has 5 nitrogen and oxygen atoms in total. The van der Waals surface area contributed by atoms with Gasteiger partial charge in [0.2, 0.25) is 0 Å². The van der Waals surface area contributed by atoms with Crippen molar-refractivity contribution in [1.82, 2.24) is 9.97 Å². The average molecular weight is 394 g/mol. The zero-order chi connectivity index (χ0) is 17.9. The zero-order valence-electron chi connectivity index (χ0n) is 14.7. The Balaban J connectivity index is 0.00000210. The van der Waals surface area contributed by atoms with Crippen molar-refractivity contribution in [2.75, 3.05) is 18.5 Å². The number of benzene rings is 1. The molecule has 1 aromatic carbocycles. The lowest BCUT2D eigenvalue weighted by Crippen LogP contribution is -2.19. The highest BCUT2D eigenvalue weighted by molar-refractivity contribution is 7.99. The fourth-order valence-electron chi connectivity index (χ4n) is 3.77. The largest absolute Gasteiger partial charge is 0.382 e. The van der Waals surface area contributed by atoms with Gasteiger partial charge in [0, 0.05) is 30.2 Å². The number of rotatable bonds is 5. The summed E-state index contributed by atoms with van der Waals surface area (Å²) in [5.41, 5.74) is 0.738. The second kappa shape index (κ2) is 9.06. The third-order valence-corrected chi connectivity index (χ3v) is 6.54. The Morgan fingerprint density at radius 2 is 1.96 bits per heavy atom. The van der Waals surface area contributed by atoms with E-state index in [4.69, 9.17) is 4.74 Å². The summed E-state index contributed by atoms with van der Waals surface area (Å²) in [5, 5.41) is 3.95. The highest BCUT2D eigenvalue weighted by atomic mass is 32.2. The van der Waals surface area contributed by atoms with E-state index in [1.54, 1.807) is 17.8 Å². The number of anilines is 1. The lowest BCUT2D eigenvalue weighted by atomic mass is 10.2. The summed E-state index contributed by atoms with van der Waals surface area (Å²) < 4.78 is 19.8. The summed E-state index contributed by atoms with van der Waals surface area (Å²) in [4.78, 5) is 19.6. The Bertz CT molecular complexity index is 830. The summed E-state index contributed by atoms with van der Waals surface area (Å²) >= 11 is 1.78. The first-order valence-electron chi connectivity index (χ1n) is 9.37. The van der Waals surface area contributed by atoms with E-state index in [1.807, 2.05) is 0 Å². The van der Waals surface area contributed by atoms with E-state index in [2.05, 4.69) is 15.3 Å². The molecule has 2 fully saturated rings. The molecule has 1 aliphatic heterocycles. The summed E-state index contributed by atoms with van der Waals surface area (Å²) in [7, 11) is 0. The van der Waals surface area contributed by atoms with E-state index in [-0.39, 0.29) is 12.8 Å². The maximum Gasteiger partial charge on any atom is 0.261 e. The third kappa shape index (κ3) is 4.82. The van der Waals surface area contributed by atoms with E-state index in [0.29, 0.717) is 34.1 Å². The Labute approximate surface area is 163 Å². The standard InChI is InChI=1S/C19H24FN3O2S.CH4/c20-15-9-13(21-12-3-1-2-4-12)10-16-18(15)19(24)23-17(22-16)11-26-14-5-7-25-8-6-14;/h9-10,12,14,21H,1-8,11H2,(H,22,23,24);1H4. The number of ether oxygens (including phenoxy) is 1. The molecule has 0 bridgehead atoms. The number of H-pyrrole nitrogens is 1. The number of thioether (sulfide) groups is 1. The van der Waals surface area contributed by atoms with Gasteiger partial charge in [0.05, 0.1) is 11.3 Å². The Hall–Kier alpha value is -1.60. The van der Waals surface area contributed by atoms with Gasteiger partial charge in [0.25, 0.3) is 5.56 Å². The first kappa shape index (κ1) is 20.1. The van der Waals surface area contributed by atoms with Crippen molar-refractivity contribution >= 4 is 28.4 Å². The van der Waals surface area contributed by atoms with Crippen LogP contribution in [0.5, 0.6) is 0 Å². The van der Waals surface area contributed by atoms with Crippen LogP contribution in [0.2, 0.25) is 0 Å². The maximum absolute atomic E-state index is 14.5. The Morgan fingerprint density at radius 1 is 1.22 bits per heavy atom. The highest BCUT2D eigenvalue weighted by Gasteiger charge is 2.18. The van der Waals surface area contributed by atoms with Gasteiger partial charge in [-0.15, -0.1) is 0 Å². The van der Waals surface area contributed by atoms with Crippen LogP contribution in [0.25, 0.3) is 10.9 Å². The van der Waals surface area contributed by atoms with Gasteiger partial charge < -0.3 is 15.0 Å². The van der Waals surface area contributed by atoms with Crippen molar-refractivity contribution < 1.29 is 9.13 Å². The Kier molecular flexibility index (Phi) is 6.76. The fourth-order valence-corrected chi connectivity index (χ4v) is 4.83. The van der Waals surface area contributed by atoms with Crippen LogP contribution in [0.4, 0.5) is 10.1 Å². The molecule has 1 saturated heterocycles. The minimum absolute atomic E-state index is 0. The van der Waals surface area contributed by atoms with Gasteiger partial charge in [-0.1, -0.05) is 20.3 Å². The molecule has 2 aliphatic rings. The van der Waals surface area contributed by atoms with Gasteiger partial charge in [-0.2, -0.15) is 11.8 Å². The van der Waals surface area contributed by atoms with Crippen LogP contribution < -0.4 is 10.9 Å². The number of hydrogen-bond acceptors (Lipinski definition) is 5. The highest BCUT2D eigenvalue weighted by Crippen LogP contribution is 2.27. The summed E-state index contributed by atoms with van der Waals surface area (Å²) in [6.45, 7) is 1.58. The summed E-state index contributed by atoms with van der Waals surface area (Å²) in [6.07, 6.45) is 6.67. The Morgan fingerprint density at radius 3 is 2.70 bits per heavy atom. The molecular weight excluding hydrogens is 365 g/mol. The second-order valence-electron chi connectivity index (χ2n) is 7.11. The lowest BCUT2D eigenvalue weighted by Gasteiger charge is -2.21. The molecule has 2 heterocycles. The molecular formula is C20H28FN3O2S. The van der Waals surface area contributed by atoms with E-state index in [1.165, 1.54) is 18.9 Å². The van der Waals surface area contributed by atoms with Crippen molar-refractivity contribution in [1.29, 1.82) is 0 Å². The van der Waals surface area contributed by atoms with Crippen molar-refractivity contribution in [3.05, 3.63) is 34.1 Å². The minimum atomic E-state index is -0.514. The number of aromatic amines is 1. The van der Waals surface area contributed by atoms with Crippen LogP contribution in [0.15, 0.2) is 16.9 Å². The maximum atomic E-state index is 14.5. The molecule has 2 aromatic rings. The van der Waals surface area contributed by atoms with Crippen LogP contribution in [-0.2, 0) is 10.5 Å². The number of aromatic nitrogens is 2. The zero-order valence-corrected chi connectivity index (χ0v) is 15.5. The quantitative estimate of drug-likeness (QED) is 0.785. The second-order valence-corrected chi connectivity index (χ2v) is 8.40. The smallest absolute Gasteiger partial charge is 0.261 e. The molecule has 1 aliphatic carbocycles. The number of nitrogens with one attached hydrogen (secondary N) is 2.